The van der Waals surface area contributed by atoms with Crippen LogP contribution >= 0.6 is 0 Å². The minimum Gasteiger partial charge on any atom is -0.481 e. The third kappa shape index (κ3) is 36.8. The van der Waals surface area contributed by atoms with Crippen LogP contribution in [-0.2, 0) is 14.4 Å². The second-order valence-electron chi connectivity index (χ2n) is 16.5. The Morgan fingerprint density at radius 3 is 0.944 bits per heavy atom. The number of aliphatic carboxylic acids is 3. The first-order chi connectivity index (χ1) is 26.3. The smallest absolute Gasteiger partial charge is 0.309 e. The highest BCUT2D eigenvalue weighted by molar-refractivity contribution is 5.74. The summed E-state index contributed by atoms with van der Waals surface area (Å²) in [6, 6.07) is 0. The van der Waals surface area contributed by atoms with Crippen LogP contribution in [0.1, 0.15) is 257 Å². The maximum Gasteiger partial charge on any atom is 0.309 e. The second-order valence-corrected chi connectivity index (χ2v) is 16.5. The molecule has 3 N–H and O–H groups in total. The predicted octanol–water partition coefficient (Wildman–Crippen LogP) is 15.6. The zero-order valence-corrected chi connectivity index (χ0v) is 35.5. The van der Waals surface area contributed by atoms with Crippen molar-refractivity contribution >= 4 is 17.9 Å². The fourth-order valence-corrected chi connectivity index (χ4v) is 7.81. The molecule has 0 fully saturated rings. The van der Waals surface area contributed by atoms with Crippen LogP contribution in [0.15, 0.2) is 24.3 Å². The molecule has 0 saturated heterocycles. The molecule has 0 saturated carbocycles. The quantitative estimate of drug-likeness (QED) is 0.0421. The molecule has 0 spiro atoms. The van der Waals surface area contributed by atoms with Crippen molar-refractivity contribution in [3.63, 3.8) is 0 Å². The molecule has 1 atom stereocenters. The molecule has 0 aliphatic rings. The Morgan fingerprint density at radius 1 is 0.370 bits per heavy atom. The van der Waals surface area contributed by atoms with Gasteiger partial charge in [0.2, 0.25) is 0 Å². The van der Waals surface area contributed by atoms with Gasteiger partial charge >= 0.3 is 17.9 Å². The highest BCUT2D eigenvalue weighted by atomic mass is 16.4. The van der Waals surface area contributed by atoms with Crippen LogP contribution in [0.2, 0.25) is 0 Å². The molecule has 0 amide bonds. The summed E-state index contributed by atoms with van der Waals surface area (Å²) in [6.45, 7) is 2.25. The van der Waals surface area contributed by atoms with E-state index in [0.717, 1.165) is 109 Å². The minimum absolute atomic E-state index is 0.294. The van der Waals surface area contributed by atoms with Gasteiger partial charge in [0.1, 0.15) is 0 Å². The lowest BCUT2D eigenvalue weighted by Crippen LogP contribution is -2.31. The van der Waals surface area contributed by atoms with E-state index in [-0.39, 0.29) is 0 Å². The van der Waals surface area contributed by atoms with E-state index in [1.807, 2.05) is 0 Å². The lowest BCUT2D eigenvalue weighted by Gasteiger charge is -2.30. The molecule has 0 heterocycles. The Hall–Kier alpha value is -2.11. The van der Waals surface area contributed by atoms with Crippen LogP contribution in [0, 0.1) is 5.41 Å². The van der Waals surface area contributed by atoms with Crippen LogP contribution < -0.4 is 0 Å². The fourth-order valence-electron chi connectivity index (χ4n) is 7.81. The first-order valence-corrected chi connectivity index (χ1v) is 23.3. The largest absolute Gasteiger partial charge is 0.481 e. The van der Waals surface area contributed by atoms with Crippen molar-refractivity contribution < 1.29 is 29.7 Å². The van der Waals surface area contributed by atoms with Gasteiger partial charge in [-0.3, -0.25) is 14.4 Å². The molecule has 6 nitrogen and oxygen atoms in total. The summed E-state index contributed by atoms with van der Waals surface area (Å²) in [5.74, 6) is -1.93. The van der Waals surface area contributed by atoms with Crippen LogP contribution in [0.3, 0.4) is 0 Å². The van der Waals surface area contributed by atoms with Crippen molar-refractivity contribution in [1.82, 2.24) is 0 Å². The number of rotatable bonds is 44. The van der Waals surface area contributed by atoms with Crippen molar-refractivity contribution in [2.24, 2.45) is 5.41 Å². The molecular formula is C48H88O6. The number of hydrogen-bond donors (Lipinski definition) is 3. The summed E-state index contributed by atoms with van der Waals surface area (Å²) in [4.78, 5) is 34.1. The number of carboxylic acid groups (broad SMARTS) is 3. The normalized spacial score (nSPS) is 12.9. The second kappa shape index (κ2) is 40.6. The van der Waals surface area contributed by atoms with Gasteiger partial charge in [-0.25, -0.2) is 0 Å². The van der Waals surface area contributed by atoms with Crippen LogP contribution in [-0.4, -0.2) is 33.2 Å². The molecule has 0 rings (SSSR count). The van der Waals surface area contributed by atoms with Crippen LogP contribution in [0.4, 0.5) is 0 Å². The van der Waals surface area contributed by atoms with Crippen LogP contribution in [0.25, 0.3) is 0 Å². The van der Waals surface area contributed by atoms with E-state index >= 15 is 0 Å². The van der Waals surface area contributed by atoms with E-state index in [0.29, 0.717) is 12.8 Å². The SMILES string of the molecule is CCCCCC=CCC=CCCCCCCC(CCCCCCCCCCCCCCCC(=O)O)(CCCCCCCCCCCCCC(=O)O)C(=O)O. The van der Waals surface area contributed by atoms with E-state index in [9.17, 15) is 19.5 Å². The molecule has 6 heteroatoms. The Kier molecular flexibility index (Phi) is 39.0. The van der Waals surface area contributed by atoms with E-state index in [1.165, 1.54) is 128 Å². The van der Waals surface area contributed by atoms with Gasteiger partial charge in [-0.1, -0.05) is 205 Å². The molecule has 0 aliphatic carbocycles. The van der Waals surface area contributed by atoms with E-state index in [4.69, 9.17) is 10.2 Å². The number of unbranched alkanes of at least 4 members (excludes halogenated alkanes) is 29. The maximum absolute atomic E-state index is 12.9. The molecule has 0 aromatic carbocycles. The van der Waals surface area contributed by atoms with Gasteiger partial charge in [0, 0.05) is 12.8 Å². The van der Waals surface area contributed by atoms with Gasteiger partial charge < -0.3 is 15.3 Å². The van der Waals surface area contributed by atoms with Crippen molar-refractivity contribution in [1.29, 1.82) is 0 Å². The molecule has 1 unspecified atom stereocenters. The Morgan fingerprint density at radius 2 is 0.648 bits per heavy atom. The lowest BCUT2D eigenvalue weighted by atomic mass is 9.74. The van der Waals surface area contributed by atoms with E-state index in [2.05, 4.69) is 31.2 Å². The number of carbonyl (C=O) groups is 3. The fraction of sp³-hybridized carbons (Fsp3) is 0.854. The van der Waals surface area contributed by atoms with E-state index in [1.54, 1.807) is 0 Å². The number of hydrogen-bond acceptors (Lipinski definition) is 3. The predicted molar refractivity (Wildman–Crippen MR) is 229 cm³/mol. The first-order valence-electron chi connectivity index (χ1n) is 23.3. The number of allylic oxidation sites excluding steroid dienone is 4. The van der Waals surface area contributed by atoms with Crippen molar-refractivity contribution in [3.8, 4) is 0 Å². The zero-order valence-electron chi connectivity index (χ0n) is 35.5. The van der Waals surface area contributed by atoms with Crippen molar-refractivity contribution in [3.05, 3.63) is 24.3 Å². The average molecular weight is 761 g/mol. The van der Waals surface area contributed by atoms with Gasteiger partial charge in [0.25, 0.3) is 0 Å². The maximum atomic E-state index is 12.9. The van der Waals surface area contributed by atoms with Crippen molar-refractivity contribution in [2.75, 3.05) is 0 Å². The third-order valence-corrected chi connectivity index (χ3v) is 11.4. The molecule has 0 radical (unpaired) electrons. The zero-order chi connectivity index (χ0) is 39.6. The van der Waals surface area contributed by atoms with Gasteiger partial charge in [-0.15, -0.1) is 0 Å². The highest BCUT2D eigenvalue weighted by Crippen LogP contribution is 2.38. The molecule has 0 aromatic rings. The monoisotopic (exact) mass is 761 g/mol. The Bertz CT molecular complexity index is 911. The van der Waals surface area contributed by atoms with Gasteiger partial charge in [0.15, 0.2) is 0 Å². The van der Waals surface area contributed by atoms with Gasteiger partial charge in [0.05, 0.1) is 5.41 Å². The Labute approximate surface area is 333 Å². The third-order valence-electron chi connectivity index (χ3n) is 11.4. The van der Waals surface area contributed by atoms with Crippen LogP contribution in [0.5, 0.6) is 0 Å². The van der Waals surface area contributed by atoms with Gasteiger partial charge in [-0.2, -0.15) is 0 Å². The highest BCUT2D eigenvalue weighted by Gasteiger charge is 2.36. The first kappa shape index (κ1) is 51.9. The number of carboxylic acids is 3. The molecular weight excluding hydrogens is 673 g/mol. The molecule has 0 aliphatic heterocycles. The summed E-state index contributed by atoms with van der Waals surface area (Å²) in [7, 11) is 0. The minimum atomic E-state index is -0.688. The summed E-state index contributed by atoms with van der Waals surface area (Å²) >= 11 is 0. The summed E-state index contributed by atoms with van der Waals surface area (Å²) in [5, 5.41) is 28.1. The van der Waals surface area contributed by atoms with Crippen molar-refractivity contribution in [2.45, 2.75) is 257 Å². The average Bonchev–Trinajstić information content (AvgIpc) is 3.14. The summed E-state index contributed by atoms with van der Waals surface area (Å²) in [5.41, 5.74) is -0.558. The topological polar surface area (TPSA) is 112 Å². The molecule has 54 heavy (non-hydrogen) atoms. The molecule has 0 aromatic heterocycles. The standard InChI is InChI=1S/C48H88O6/c1-2-3-4-5-6-7-8-9-12-17-22-27-32-37-42-48(47(53)54,44-39-34-29-24-19-14-16-21-26-31-36-41-46(51)52)43-38-33-28-23-18-13-10-11-15-20-25-30-35-40-45(49)50/h6-7,9,12H,2-5,8,10-11,13-44H2,1H3,(H,49,50)(H,51,52)(H,53,54). The molecule has 0 bridgehead atoms. The lowest BCUT2D eigenvalue weighted by molar-refractivity contribution is -0.151. The van der Waals surface area contributed by atoms with E-state index < -0.39 is 23.3 Å². The molecule has 316 valence electrons. The van der Waals surface area contributed by atoms with Gasteiger partial charge in [-0.05, 0) is 64.2 Å². The summed E-state index contributed by atoms with van der Waals surface area (Å²) < 4.78 is 0. The Balaban J connectivity index is 4.43. The summed E-state index contributed by atoms with van der Waals surface area (Å²) in [6.07, 6.45) is 51.8.